The number of carbonyl (C=O) groups is 1. The molecule has 0 atom stereocenters. The van der Waals surface area contributed by atoms with E-state index in [4.69, 9.17) is 10.4 Å². The maximum atomic E-state index is 10.2. The predicted octanol–water partition coefficient (Wildman–Crippen LogP) is 5.28. The minimum Gasteiger partial charge on any atom is -0.478 e. The van der Waals surface area contributed by atoms with Gasteiger partial charge in [-0.1, -0.05) is 30.3 Å². The summed E-state index contributed by atoms with van der Waals surface area (Å²) in [6.07, 6.45) is 8.28. The maximum Gasteiger partial charge on any atom is 0.335 e. The Hall–Kier alpha value is -3.56. The number of aryl methyl sites for hydroxylation is 1. The molecular weight excluding hydrogens is 436 g/mol. The van der Waals surface area contributed by atoms with Gasteiger partial charge in [-0.2, -0.15) is 5.26 Å². The van der Waals surface area contributed by atoms with Gasteiger partial charge in [0, 0.05) is 55.5 Å². The Morgan fingerprint density at radius 1 is 1.20 bits per heavy atom. The second-order valence-electron chi connectivity index (χ2n) is 9.88. The third kappa shape index (κ3) is 5.11. The molecule has 3 aliphatic rings. The van der Waals surface area contributed by atoms with E-state index >= 15 is 0 Å². The molecule has 0 radical (unpaired) electrons. The Morgan fingerprint density at radius 2 is 1.97 bits per heavy atom. The first-order valence-electron chi connectivity index (χ1n) is 12.5. The molecule has 1 aliphatic carbocycles. The van der Waals surface area contributed by atoms with Crippen LogP contribution in [0.5, 0.6) is 0 Å². The molecule has 6 heteroatoms. The number of hydrogen-bond acceptors (Lipinski definition) is 4. The fourth-order valence-corrected chi connectivity index (χ4v) is 5.16. The highest BCUT2D eigenvalue weighted by Crippen LogP contribution is 2.44. The van der Waals surface area contributed by atoms with Crippen LogP contribution in [-0.4, -0.2) is 52.0 Å². The van der Waals surface area contributed by atoms with Crippen LogP contribution in [0.1, 0.15) is 52.2 Å². The van der Waals surface area contributed by atoms with Crippen molar-refractivity contribution in [2.24, 2.45) is 5.92 Å². The van der Waals surface area contributed by atoms with Gasteiger partial charge in [-0.25, -0.2) is 4.79 Å². The van der Waals surface area contributed by atoms with Crippen LogP contribution in [0.25, 0.3) is 10.9 Å². The lowest BCUT2D eigenvalue weighted by molar-refractivity contribution is 0.0697. The van der Waals surface area contributed by atoms with E-state index in [2.05, 4.69) is 52.2 Å². The van der Waals surface area contributed by atoms with E-state index < -0.39 is 5.97 Å². The summed E-state index contributed by atoms with van der Waals surface area (Å²) in [7, 11) is 0. The number of nitrogens with zero attached hydrogens (tertiary/aromatic N) is 3. The standard InChI is InChI=1S/C22H26N4.C7H6O2/c1-15-10-20(17-2-3-17)21(19-4-7-24-22(15)19)14-25-8-5-18(6-9-25)26-12-16(11-23)13-26;8-7(9)6-4-2-1-3-5-6/h4-5,7,10,16-17,24H,2-3,6,8-9,12-14H2,1H3;1-5H,(H,8,9). The summed E-state index contributed by atoms with van der Waals surface area (Å²) >= 11 is 0. The van der Waals surface area contributed by atoms with Crippen LogP contribution in [0.3, 0.4) is 0 Å². The van der Waals surface area contributed by atoms with Crippen LogP contribution >= 0.6 is 0 Å². The highest BCUT2D eigenvalue weighted by molar-refractivity contribution is 5.88. The molecule has 180 valence electrons. The van der Waals surface area contributed by atoms with Crippen LogP contribution in [0.15, 0.2) is 60.4 Å². The Labute approximate surface area is 206 Å². The SMILES string of the molecule is Cc1cc(C2CC2)c(CN2CC=C(N3CC(C#N)C3)CC2)c2cc[nH]c12.O=C(O)c1ccccc1. The summed E-state index contributed by atoms with van der Waals surface area (Å²) in [4.78, 5) is 18.6. The number of hydrogen-bond donors (Lipinski definition) is 2. The number of likely N-dealkylation sites (tertiary alicyclic amines) is 1. The molecule has 2 N–H and O–H groups in total. The van der Waals surface area contributed by atoms with Gasteiger partial charge in [0.1, 0.15) is 0 Å². The van der Waals surface area contributed by atoms with E-state index in [0.717, 1.165) is 45.1 Å². The normalized spacial score (nSPS) is 18.3. The summed E-state index contributed by atoms with van der Waals surface area (Å²) < 4.78 is 0. The van der Waals surface area contributed by atoms with Crippen LogP contribution in [0, 0.1) is 24.2 Å². The second-order valence-corrected chi connectivity index (χ2v) is 9.88. The zero-order chi connectivity index (χ0) is 24.4. The van der Waals surface area contributed by atoms with Gasteiger partial charge in [-0.05, 0) is 67.0 Å². The minimum atomic E-state index is -0.879. The van der Waals surface area contributed by atoms with Crippen molar-refractivity contribution >= 4 is 16.9 Å². The summed E-state index contributed by atoms with van der Waals surface area (Å²) in [5.74, 6) is 0.142. The number of rotatable bonds is 5. The van der Waals surface area contributed by atoms with E-state index in [1.807, 2.05) is 0 Å². The summed E-state index contributed by atoms with van der Waals surface area (Å²) in [5.41, 5.74) is 7.59. The molecule has 35 heavy (non-hydrogen) atoms. The number of aromatic carboxylic acids is 1. The van der Waals surface area contributed by atoms with E-state index in [0.29, 0.717) is 5.56 Å². The monoisotopic (exact) mass is 468 g/mol. The lowest BCUT2D eigenvalue weighted by atomic mass is 9.95. The number of nitriles is 1. The maximum absolute atomic E-state index is 10.2. The largest absolute Gasteiger partial charge is 0.478 e. The summed E-state index contributed by atoms with van der Waals surface area (Å²) in [6, 6.07) is 15.4. The molecule has 2 aliphatic heterocycles. The first-order valence-corrected chi connectivity index (χ1v) is 12.5. The Balaban J connectivity index is 0.000000239. The van der Waals surface area contributed by atoms with E-state index in [1.165, 1.54) is 35.0 Å². The van der Waals surface area contributed by atoms with Crippen molar-refractivity contribution in [1.29, 1.82) is 5.26 Å². The summed E-state index contributed by atoms with van der Waals surface area (Å²) in [5, 5.41) is 18.8. The topological polar surface area (TPSA) is 83.4 Å². The molecule has 0 amide bonds. The molecule has 6 rings (SSSR count). The van der Waals surface area contributed by atoms with E-state index in [-0.39, 0.29) is 5.92 Å². The smallest absolute Gasteiger partial charge is 0.335 e. The molecule has 0 bridgehead atoms. The fraction of sp³-hybridized carbons (Fsp3) is 0.379. The number of benzene rings is 2. The molecule has 1 aromatic heterocycles. The number of carboxylic acid groups (broad SMARTS) is 1. The average molecular weight is 469 g/mol. The van der Waals surface area contributed by atoms with Gasteiger partial charge in [-0.15, -0.1) is 0 Å². The molecule has 2 aromatic carbocycles. The highest BCUT2D eigenvalue weighted by Gasteiger charge is 2.31. The third-order valence-electron chi connectivity index (χ3n) is 7.35. The van der Waals surface area contributed by atoms with E-state index in [9.17, 15) is 4.79 Å². The van der Waals surface area contributed by atoms with Gasteiger partial charge >= 0.3 is 5.97 Å². The minimum absolute atomic E-state index is 0.240. The number of H-pyrrole nitrogens is 1. The van der Waals surface area contributed by atoms with Gasteiger partial charge in [0.25, 0.3) is 0 Å². The fourth-order valence-electron chi connectivity index (χ4n) is 5.16. The van der Waals surface area contributed by atoms with Crippen molar-refractivity contribution in [1.82, 2.24) is 14.8 Å². The highest BCUT2D eigenvalue weighted by atomic mass is 16.4. The van der Waals surface area contributed by atoms with Gasteiger partial charge in [0.05, 0.1) is 17.6 Å². The number of aromatic nitrogens is 1. The van der Waals surface area contributed by atoms with Crippen LogP contribution < -0.4 is 0 Å². The van der Waals surface area contributed by atoms with Gasteiger partial charge in [0.2, 0.25) is 0 Å². The molecular formula is C29H32N4O2. The molecule has 1 saturated heterocycles. The Bertz CT molecular complexity index is 1280. The van der Waals surface area contributed by atoms with Crippen molar-refractivity contribution in [3.63, 3.8) is 0 Å². The quantitative estimate of drug-likeness (QED) is 0.532. The van der Waals surface area contributed by atoms with Crippen LogP contribution in [0.2, 0.25) is 0 Å². The second kappa shape index (κ2) is 9.97. The van der Waals surface area contributed by atoms with Crippen molar-refractivity contribution in [2.75, 3.05) is 26.2 Å². The molecule has 0 spiro atoms. The zero-order valence-electron chi connectivity index (χ0n) is 20.2. The number of fused-ring (bicyclic) bond motifs is 1. The van der Waals surface area contributed by atoms with Gasteiger partial charge in [0.15, 0.2) is 0 Å². The van der Waals surface area contributed by atoms with Crippen LogP contribution in [0.4, 0.5) is 0 Å². The average Bonchev–Trinajstić information content (AvgIpc) is 3.57. The van der Waals surface area contributed by atoms with Gasteiger partial charge < -0.3 is 15.0 Å². The van der Waals surface area contributed by atoms with Crippen LogP contribution in [-0.2, 0) is 6.54 Å². The first kappa shape index (κ1) is 23.2. The van der Waals surface area contributed by atoms with Crippen molar-refractivity contribution in [3.05, 3.63) is 82.7 Å². The van der Waals surface area contributed by atoms with Crippen molar-refractivity contribution in [3.8, 4) is 6.07 Å². The lowest BCUT2D eigenvalue weighted by Gasteiger charge is -2.41. The lowest BCUT2D eigenvalue weighted by Crippen LogP contribution is -2.46. The number of aromatic amines is 1. The molecule has 2 fully saturated rings. The predicted molar refractivity (Wildman–Crippen MR) is 137 cm³/mol. The molecule has 3 aromatic rings. The molecule has 3 heterocycles. The summed E-state index contributed by atoms with van der Waals surface area (Å²) in [6.45, 7) is 7.26. The number of carboxylic acids is 1. The first-order chi connectivity index (χ1) is 17.0. The van der Waals surface area contributed by atoms with Crippen molar-refractivity contribution in [2.45, 2.75) is 38.6 Å². The molecule has 0 unspecified atom stereocenters. The Morgan fingerprint density at radius 3 is 2.57 bits per heavy atom. The Kier molecular flexibility index (Phi) is 6.61. The molecule has 6 nitrogen and oxygen atoms in total. The number of nitrogens with one attached hydrogen (secondary N) is 1. The third-order valence-corrected chi connectivity index (χ3v) is 7.35. The zero-order valence-corrected chi connectivity index (χ0v) is 20.2. The van der Waals surface area contributed by atoms with Crippen molar-refractivity contribution < 1.29 is 9.90 Å². The molecule has 1 saturated carbocycles. The van der Waals surface area contributed by atoms with E-state index in [1.54, 1.807) is 41.5 Å². The van der Waals surface area contributed by atoms with Gasteiger partial charge in [-0.3, -0.25) is 4.90 Å².